The standard InChI is InChI=1S/C8H17NO2.C2H2/c1-6-8(9(2)3)7(10)4-5-11-6;1-2/h6-8,10H,4-5H2,1-3H3;1-2H/t6-,7-,8+;/m0./s1. The number of likely N-dealkylation sites (N-methyl/N-ethyl adjacent to an activating group) is 1. The van der Waals surface area contributed by atoms with Gasteiger partial charge in [0.2, 0.25) is 0 Å². The number of terminal acetylenes is 1. The Labute approximate surface area is 80.7 Å². The summed E-state index contributed by atoms with van der Waals surface area (Å²) in [6, 6.07) is 0.156. The lowest BCUT2D eigenvalue weighted by Gasteiger charge is -2.37. The van der Waals surface area contributed by atoms with Crippen LogP contribution in [0.1, 0.15) is 13.3 Å². The van der Waals surface area contributed by atoms with E-state index >= 15 is 0 Å². The van der Waals surface area contributed by atoms with E-state index in [2.05, 4.69) is 12.8 Å². The second-order valence-electron chi connectivity index (χ2n) is 3.39. The number of ether oxygens (including phenoxy) is 1. The topological polar surface area (TPSA) is 32.7 Å². The van der Waals surface area contributed by atoms with Gasteiger partial charge in [-0.2, -0.15) is 0 Å². The minimum Gasteiger partial charge on any atom is -0.391 e. The van der Waals surface area contributed by atoms with Crippen molar-refractivity contribution in [2.45, 2.75) is 31.6 Å². The molecule has 3 heteroatoms. The molecular formula is C10H19NO2. The van der Waals surface area contributed by atoms with Crippen LogP contribution >= 0.6 is 0 Å². The molecule has 0 spiro atoms. The van der Waals surface area contributed by atoms with Crippen LogP contribution in [0, 0.1) is 12.8 Å². The van der Waals surface area contributed by atoms with Crippen LogP contribution in [0.25, 0.3) is 0 Å². The molecule has 0 amide bonds. The molecule has 0 aliphatic carbocycles. The maximum atomic E-state index is 9.59. The highest BCUT2D eigenvalue weighted by Crippen LogP contribution is 2.17. The van der Waals surface area contributed by atoms with Gasteiger partial charge in [-0.15, -0.1) is 12.8 Å². The molecule has 0 aromatic rings. The highest BCUT2D eigenvalue weighted by molar-refractivity contribution is 4.84. The van der Waals surface area contributed by atoms with E-state index in [-0.39, 0.29) is 18.2 Å². The fourth-order valence-corrected chi connectivity index (χ4v) is 1.72. The molecule has 0 radical (unpaired) electrons. The van der Waals surface area contributed by atoms with Gasteiger partial charge in [-0.25, -0.2) is 0 Å². The first-order chi connectivity index (χ1) is 6.13. The van der Waals surface area contributed by atoms with E-state index in [0.29, 0.717) is 6.61 Å². The second kappa shape index (κ2) is 5.98. The number of hydrogen-bond donors (Lipinski definition) is 1. The van der Waals surface area contributed by atoms with Crippen molar-refractivity contribution < 1.29 is 9.84 Å². The molecule has 1 saturated heterocycles. The van der Waals surface area contributed by atoms with Gasteiger partial charge in [0.15, 0.2) is 0 Å². The van der Waals surface area contributed by atoms with Crippen molar-refractivity contribution in [2.75, 3.05) is 20.7 Å². The Morgan fingerprint density at radius 3 is 2.23 bits per heavy atom. The lowest BCUT2D eigenvalue weighted by Crippen LogP contribution is -2.51. The molecule has 1 heterocycles. The largest absolute Gasteiger partial charge is 0.391 e. The summed E-state index contributed by atoms with van der Waals surface area (Å²) in [4.78, 5) is 2.02. The Hall–Kier alpha value is -0.560. The maximum absolute atomic E-state index is 9.59. The number of rotatable bonds is 1. The van der Waals surface area contributed by atoms with E-state index in [4.69, 9.17) is 4.74 Å². The van der Waals surface area contributed by atoms with Gasteiger partial charge in [0.05, 0.1) is 18.2 Å². The molecule has 1 aliphatic heterocycles. The Morgan fingerprint density at radius 1 is 1.38 bits per heavy atom. The van der Waals surface area contributed by atoms with Crippen LogP contribution < -0.4 is 0 Å². The van der Waals surface area contributed by atoms with Crippen LogP contribution in [0.4, 0.5) is 0 Å². The van der Waals surface area contributed by atoms with Crippen molar-refractivity contribution in [2.24, 2.45) is 0 Å². The SMILES string of the molecule is C#C.C[C@@H]1OCC[C@H](O)[C@@H]1N(C)C. The molecule has 3 atom stereocenters. The molecule has 13 heavy (non-hydrogen) atoms. The average Bonchev–Trinajstić information content (AvgIpc) is 2.07. The van der Waals surface area contributed by atoms with Gasteiger partial charge in [0.25, 0.3) is 0 Å². The number of hydrogen-bond acceptors (Lipinski definition) is 3. The first-order valence-electron chi connectivity index (χ1n) is 4.42. The minimum absolute atomic E-state index is 0.147. The third-order valence-electron chi connectivity index (χ3n) is 2.27. The Bertz CT molecular complexity index is 146. The van der Waals surface area contributed by atoms with Gasteiger partial charge < -0.3 is 14.7 Å². The summed E-state index contributed by atoms with van der Waals surface area (Å²) in [5.41, 5.74) is 0. The number of aliphatic hydroxyl groups is 1. The van der Waals surface area contributed by atoms with Crippen molar-refractivity contribution in [1.82, 2.24) is 4.90 Å². The summed E-state index contributed by atoms with van der Waals surface area (Å²) < 4.78 is 5.42. The third-order valence-corrected chi connectivity index (χ3v) is 2.27. The van der Waals surface area contributed by atoms with Crippen LogP contribution in [0.3, 0.4) is 0 Å². The van der Waals surface area contributed by atoms with Gasteiger partial charge in [0, 0.05) is 6.61 Å². The van der Waals surface area contributed by atoms with Crippen LogP contribution in [-0.2, 0) is 4.74 Å². The van der Waals surface area contributed by atoms with E-state index in [1.807, 2.05) is 25.9 Å². The van der Waals surface area contributed by atoms with E-state index in [1.54, 1.807) is 0 Å². The van der Waals surface area contributed by atoms with E-state index in [0.717, 1.165) is 6.42 Å². The van der Waals surface area contributed by atoms with Crippen molar-refractivity contribution in [3.63, 3.8) is 0 Å². The zero-order valence-corrected chi connectivity index (χ0v) is 8.60. The predicted molar refractivity (Wildman–Crippen MR) is 53.4 cm³/mol. The number of aliphatic hydroxyl groups excluding tert-OH is 1. The zero-order chi connectivity index (χ0) is 10.4. The average molecular weight is 185 g/mol. The molecule has 0 saturated carbocycles. The zero-order valence-electron chi connectivity index (χ0n) is 8.60. The normalized spacial score (nSPS) is 33.6. The Kier molecular flexibility index (Phi) is 5.72. The van der Waals surface area contributed by atoms with Gasteiger partial charge in [0.1, 0.15) is 0 Å². The summed E-state index contributed by atoms with van der Waals surface area (Å²) in [6.07, 6.45) is 8.68. The first kappa shape index (κ1) is 12.4. The summed E-state index contributed by atoms with van der Waals surface area (Å²) in [7, 11) is 3.94. The lowest BCUT2D eigenvalue weighted by atomic mass is 10.00. The molecule has 1 N–H and O–H groups in total. The minimum atomic E-state index is -0.228. The quantitative estimate of drug-likeness (QED) is 0.598. The summed E-state index contributed by atoms with van der Waals surface area (Å²) in [6.45, 7) is 2.69. The molecule has 3 nitrogen and oxygen atoms in total. The van der Waals surface area contributed by atoms with Gasteiger partial charge in [-0.1, -0.05) is 0 Å². The van der Waals surface area contributed by atoms with Crippen LogP contribution in [0.15, 0.2) is 0 Å². The van der Waals surface area contributed by atoms with Gasteiger partial charge in [-0.05, 0) is 27.4 Å². The van der Waals surface area contributed by atoms with E-state index < -0.39 is 0 Å². The monoisotopic (exact) mass is 185 g/mol. The molecule has 1 rings (SSSR count). The highest BCUT2D eigenvalue weighted by atomic mass is 16.5. The smallest absolute Gasteiger partial charge is 0.0742 e. The summed E-state index contributed by atoms with van der Waals surface area (Å²) in [5.74, 6) is 0. The molecule has 0 bridgehead atoms. The van der Waals surface area contributed by atoms with Crippen molar-refractivity contribution in [1.29, 1.82) is 0 Å². The van der Waals surface area contributed by atoms with Gasteiger partial charge >= 0.3 is 0 Å². The molecule has 1 aliphatic rings. The second-order valence-corrected chi connectivity index (χ2v) is 3.39. The predicted octanol–water partition coefficient (Wildman–Crippen LogP) is 0.336. The van der Waals surface area contributed by atoms with Crippen LogP contribution in [0.2, 0.25) is 0 Å². The molecule has 76 valence electrons. The van der Waals surface area contributed by atoms with Crippen molar-refractivity contribution >= 4 is 0 Å². The maximum Gasteiger partial charge on any atom is 0.0742 e. The molecule has 0 aromatic carbocycles. The fourth-order valence-electron chi connectivity index (χ4n) is 1.72. The van der Waals surface area contributed by atoms with E-state index in [1.165, 1.54) is 0 Å². The molecule has 0 aromatic heterocycles. The first-order valence-corrected chi connectivity index (χ1v) is 4.42. The van der Waals surface area contributed by atoms with Crippen LogP contribution in [-0.4, -0.2) is 49.0 Å². The Morgan fingerprint density at radius 2 is 1.92 bits per heavy atom. The van der Waals surface area contributed by atoms with Gasteiger partial charge in [-0.3, -0.25) is 0 Å². The van der Waals surface area contributed by atoms with Crippen molar-refractivity contribution in [3.8, 4) is 12.8 Å². The molecule has 0 unspecified atom stereocenters. The third kappa shape index (κ3) is 3.35. The van der Waals surface area contributed by atoms with E-state index in [9.17, 15) is 5.11 Å². The van der Waals surface area contributed by atoms with Crippen LogP contribution in [0.5, 0.6) is 0 Å². The number of nitrogens with zero attached hydrogens (tertiary/aromatic N) is 1. The molecular weight excluding hydrogens is 166 g/mol. The lowest BCUT2D eigenvalue weighted by molar-refractivity contribution is -0.0918. The molecule has 1 fully saturated rings. The Balaban J connectivity index is 0.000000671. The fraction of sp³-hybridized carbons (Fsp3) is 0.800. The summed E-state index contributed by atoms with van der Waals surface area (Å²) >= 11 is 0. The summed E-state index contributed by atoms with van der Waals surface area (Å²) in [5, 5.41) is 9.59. The van der Waals surface area contributed by atoms with Crippen molar-refractivity contribution in [3.05, 3.63) is 0 Å². The highest BCUT2D eigenvalue weighted by Gasteiger charge is 2.31.